The van der Waals surface area contributed by atoms with Crippen LogP contribution in [0.4, 0.5) is 5.69 Å². The number of methoxy groups -OCH3 is 2. The molecule has 2 heterocycles. The molecule has 3 aromatic rings. The van der Waals surface area contributed by atoms with Crippen molar-refractivity contribution in [1.82, 2.24) is 4.98 Å². The van der Waals surface area contributed by atoms with Crippen molar-refractivity contribution in [2.75, 3.05) is 19.2 Å². The Bertz CT molecular complexity index is 1250. The molecule has 0 saturated heterocycles. The molecule has 1 aliphatic heterocycles. The maximum atomic E-state index is 12.9. The molecule has 8 heteroatoms. The van der Waals surface area contributed by atoms with E-state index in [9.17, 15) is 4.79 Å². The van der Waals surface area contributed by atoms with Crippen molar-refractivity contribution in [3.63, 3.8) is 0 Å². The summed E-state index contributed by atoms with van der Waals surface area (Å²) in [5.41, 5.74) is 1.99. The second-order valence-electron chi connectivity index (χ2n) is 6.46. The first-order chi connectivity index (χ1) is 14.6. The highest BCUT2D eigenvalue weighted by atomic mass is 16.5. The van der Waals surface area contributed by atoms with Crippen LogP contribution in [0.1, 0.15) is 16.8 Å². The average molecular weight is 404 g/mol. The number of oxazole rings is 1. The van der Waals surface area contributed by atoms with Gasteiger partial charge in [-0.05, 0) is 48.9 Å². The van der Waals surface area contributed by atoms with E-state index in [2.05, 4.69) is 9.98 Å². The lowest BCUT2D eigenvalue weighted by Crippen LogP contribution is -2.37. The number of amides is 1. The second kappa shape index (κ2) is 8.22. The predicted octanol–water partition coefficient (Wildman–Crippen LogP) is 2.20. The third-order valence-corrected chi connectivity index (χ3v) is 4.60. The standard InChI is InChI=1S/C22H20N4O4/c1-28-18-10-9-15(13-19(18)29-2)22(27)26(23)16-7-5-6-14(12-16)20-25-17-8-3-4-11-24-21(17)30-20/h4-13H,3,23H2,1-2H3. The van der Waals surface area contributed by atoms with Crippen LogP contribution < -0.4 is 31.2 Å². The van der Waals surface area contributed by atoms with Crippen LogP contribution in [0.2, 0.25) is 0 Å². The fraction of sp³-hybridized carbons (Fsp3) is 0.136. The van der Waals surface area contributed by atoms with E-state index < -0.39 is 5.91 Å². The lowest BCUT2D eigenvalue weighted by Gasteiger charge is -2.18. The number of ether oxygens (including phenoxy) is 2. The van der Waals surface area contributed by atoms with Gasteiger partial charge in [0, 0.05) is 17.3 Å². The molecule has 30 heavy (non-hydrogen) atoms. The van der Waals surface area contributed by atoms with Crippen LogP contribution in [0.25, 0.3) is 17.5 Å². The van der Waals surface area contributed by atoms with Crippen LogP contribution in [-0.4, -0.2) is 25.1 Å². The number of hydrazine groups is 1. The molecule has 0 saturated carbocycles. The first kappa shape index (κ1) is 19.4. The van der Waals surface area contributed by atoms with E-state index in [1.165, 1.54) is 14.2 Å². The summed E-state index contributed by atoms with van der Waals surface area (Å²) in [7, 11) is 3.04. The quantitative estimate of drug-likeness (QED) is 0.397. The number of carbonyl (C=O) groups excluding carboxylic acids is 1. The molecular weight excluding hydrogens is 384 g/mol. The van der Waals surface area contributed by atoms with Crippen molar-refractivity contribution in [1.29, 1.82) is 0 Å². The van der Waals surface area contributed by atoms with Gasteiger partial charge in [0.25, 0.3) is 5.91 Å². The molecule has 1 aromatic heterocycles. The fourth-order valence-electron chi connectivity index (χ4n) is 3.05. The van der Waals surface area contributed by atoms with Crippen molar-refractivity contribution in [3.8, 4) is 23.0 Å². The van der Waals surface area contributed by atoms with Gasteiger partial charge in [-0.15, -0.1) is 0 Å². The second-order valence-corrected chi connectivity index (χ2v) is 6.46. The zero-order valence-corrected chi connectivity index (χ0v) is 16.5. The highest BCUT2D eigenvalue weighted by Crippen LogP contribution is 2.29. The number of nitrogens with two attached hydrogens (primary N) is 1. The monoisotopic (exact) mass is 404 g/mol. The Kier molecular flexibility index (Phi) is 5.32. The number of nitrogens with zero attached hydrogens (tertiary/aromatic N) is 3. The minimum absolute atomic E-state index is 0.364. The summed E-state index contributed by atoms with van der Waals surface area (Å²) in [6, 6.07) is 12.0. The van der Waals surface area contributed by atoms with Crippen LogP contribution >= 0.6 is 0 Å². The molecule has 0 fully saturated rings. The molecule has 0 spiro atoms. The molecule has 1 aliphatic rings. The SMILES string of the molecule is COc1ccc(C(=O)N(N)c2cccc(-c3nc4c(o3)=NC=CCC=4)c2)cc1OC. The van der Waals surface area contributed by atoms with Gasteiger partial charge in [0.05, 0.1) is 19.9 Å². The van der Waals surface area contributed by atoms with E-state index in [0.717, 1.165) is 11.4 Å². The molecule has 0 bridgehead atoms. The summed E-state index contributed by atoms with van der Waals surface area (Å²) < 4.78 is 16.2. The van der Waals surface area contributed by atoms with Gasteiger partial charge < -0.3 is 13.9 Å². The van der Waals surface area contributed by atoms with Gasteiger partial charge in [-0.2, -0.15) is 0 Å². The summed E-state index contributed by atoms with van der Waals surface area (Å²) in [6.45, 7) is 0. The number of carbonyl (C=O) groups is 1. The summed E-state index contributed by atoms with van der Waals surface area (Å²) in [5.74, 6) is 7.11. The Hall–Kier alpha value is -3.91. The van der Waals surface area contributed by atoms with E-state index >= 15 is 0 Å². The highest BCUT2D eigenvalue weighted by Gasteiger charge is 2.18. The lowest BCUT2D eigenvalue weighted by atomic mass is 10.1. The zero-order valence-electron chi connectivity index (χ0n) is 16.5. The lowest BCUT2D eigenvalue weighted by molar-refractivity contribution is 0.0986. The number of hydrogen-bond acceptors (Lipinski definition) is 7. The van der Waals surface area contributed by atoms with E-state index in [1.807, 2.05) is 18.2 Å². The minimum atomic E-state index is -0.398. The van der Waals surface area contributed by atoms with Gasteiger partial charge in [0.2, 0.25) is 11.4 Å². The van der Waals surface area contributed by atoms with Gasteiger partial charge in [-0.1, -0.05) is 12.1 Å². The molecule has 4 rings (SSSR count). The highest BCUT2D eigenvalue weighted by molar-refractivity contribution is 6.05. The number of rotatable bonds is 5. The molecule has 2 aromatic carbocycles. The van der Waals surface area contributed by atoms with Crippen molar-refractivity contribution >= 4 is 17.7 Å². The first-order valence-corrected chi connectivity index (χ1v) is 9.22. The Labute approximate surface area is 172 Å². The maximum absolute atomic E-state index is 12.9. The Morgan fingerprint density at radius 2 is 1.97 bits per heavy atom. The van der Waals surface area contributed by atoms with Crippen LogP contribution in [0.15, 0.2) is 64.2 Å². The van der Waals surface area contributed by atoms with E-state index in [1.54, 1.807) is 42.6 Å². The van der Waals surface area contributed by atoms with Crippen molar-refractivity contribution < 1.29 is 18.7 Å². The molecule has 0 unspecified atom stereocenters. The Balaban J connectivity index is 1.65. The van der Waals surface area contributed by atoms with Crippen LogP contribution in [0.5, 0.6) is 11.5 Å². The van der Waals surface area contributed by atoms with Gasteiger partial charge in [-0.3, -0.25) is 4.79 Å². The third kappa shape index (κ3) is 3.68. The Morgan fingerprint density at radius 3 is 2.77 bits per heavy atom. The predicted molar refractivity (Wildman–Crippen MR) is 111 cm³/mol. The summed E-state index contributed by atoms with van der Waals surface area (Å²) in [4.78, 5) is 21.6. The van der Waals surface area contributed by atoms with E-state index in [0.29, 0.717) is 45.1 Å². The maximum Gasteiger partial charge on any atom is 0.272 e. The molecule has 0 atom stereocenters. The molecule has 2 N–H and O–H groups in total. The van der Waals surface area contributed by atoms with Crippen molar-refractivity contribution in [2.45, 2.75) is 6.42 Å². The van der Waals surface area contributed by atoms with Crippen LogP contribution in [0.3, 0.4) is 0 Å². The van der Waals surface area contributed by atoms with Gasteiger partial charge in [0.1, 0.15) is 5.35 Å². The molecule has 152 valence electrons. The molecule has 0 radical (unpaired) electrons. The van der Waals surface area contributed by atoms with Crippen molar-refractivity contribution in [3.05, 3.63) is 71.2 Å². The number of anilines is 1. The number of aromatic nitrogens is 1. The van der Waals surface area contributed by atoms with E-state index in [4.69, 9.17) is 19.7 Å². The molecule has 0 aliphatic carbocycles. The van der Waals surface area contributed by atoms with Crippen LogP contribution in [-0.2, 0) is 0 Å². The van der Waals surface area contributed by atoms with Gasteiger partial charge >= 0.3 is 0 Å². The fourth-order valence-corrected chi connectivity index (χ4v) is 3.05. The minimum Gasteiger partial charge on any atom is -0.493 e. The molecular formula is C22H20N4O4. The smallest absolute Gasteiger partial charge is 0.272 e. The molecule has 1 amide bonds. The van der Waals surface area contributed by atoms with Gasteiger partial charge in [0.15, 0.2) is 11.5 Å². The van der Waals surface area contributed by atoms with Crippen molar-refractivity contribution in [2.24, 2.45) is 10.8 Å². The number of hydrogen-bond donors (Lipinski definition) is 1. The number of allylic oxidation sites excluding steroid dienone is 1. The third-order valence-electron chi connectivity index (χ3n) is 4.60. The average Bonchev–Trinajstić information content (AvgIpc) is 3.08. The summed E-state index contributed by atoms with van der Waals surface area (Å²) >= 11 is 0. The summed E-state index contributed by atoms with van der Waals surface area (Å²) in [5, 5.41) is 1.75. The normalized spacial score (nSPS) is 12.2. The largest absolute Gasteiger partial charge is 0.493 e. The molecule has 8 nitrogen and oxygen atoms in total. The summed E-state index contributed by atoms with van der Waals surface area (Å²) in [6.07, 6.45) is 6.29. The number of benzene rings is 2. The Morgan fingerprint density at radius 1 is 1.13 bits per heavy atom. The van der Waals surface area contributed by atoms with E-state index in [-0.39, 0.29) is 0 Å². The topological polar surface area (TPSA) is 103 Å². The van der Waals surface area contributed by atoms with Crippen LogP contribution in [0, 0.1) is 0 Å². The first-order valence-electron chi connectivity index (χ1n) is 9.22. The number of fused-ring (bicyclic) bond motifs is 1. The zero-order chi connectivity index (χ0) is 21.1. The van der Waals surface area contributed by atoms with Gasteiger partial charge in [-0.25, -0.2) is 20.8 Å².